The number of nitrogens with zero attached hydrogens (tertiary/aromatic N) is 3. The Balaban J connectivity index is 2.45. The maximum Gasteiger partial charge on any atom is 0.162 e. The van der Waals surface area contributed by atoms with Crippen molar-refractivity contribution in [2.75, 3.05) is 18.0 Å². The first-order chi connectivity index (χ1) is 8.41. The van der Waals surface area contributed by atoms with Crippen LogP contribution in [0.5, 0.6) is 0 Å². The number of aromatic nitrogens is 2. The lowest BCUT2D eigenvalue weighted by atomic mass is 10.1. The monoisotopic (exact) mass is 251 g/mol. The van der Waals surface area contributed by atoms with Crippen LogP contribution in [-0.4, -0.2) is 51.5 Å². The molecule has 5 N–H and O–H groups in total. The van der Waals surface area contributed by atoms with Gasteiger partial charge in [0.25, 0.3) is 0 Å². The second-order valence-corrected chi connectivity index (χ2v) is 4.56. The topological polar surface area (TPSA) is 119 Å². The second kappa shape index (κ2) is 4.51. The lowest BCUT2D eigenvalue weighted by Gasteiger charge is -2.20. The highest BCUT2D eigenvalue weighted by Gasteiger charge is 2.32. The van der Waals surface area contributed by atoms with Crippen molar-refractivity contribution in [1.29, 1.82) is 5.41 Å². The summed E-state index contributed by atoms with van der Waals surface area (Å²) in [5.74, 6) is 0.359. The Bertz CT molecular complexity index is 481. The Kier molecular flexibility index (Phi) is 3.18. The minimum Gasteiger partial charge on any atom is -0.389 e. The molecule has 1 aliphatic rings. The summed E-state index contributed by atoms with van der Waals surface area (Å²) in [7, 11) is 0. The van der Waals surface area contributed by atoms with E-state index in [9.17, 15) is 10.2 Å². The Labute approximate surface area is 105 Å². The Morgan fingerprint density at radius 1 is 1.28 bits per heavy atom. The zero-order valence-electron chi connectivity index (χ0n) is 10.4. The number of nitrogen functional groups attached to an aromatic ring is 1. The van der Waals surface area contributed by atoms with E-state index in [4.69, 9.17) is 11.1 Å². The summed E-state index contributed by atoms with van der Waals surface area (Å²) in [4.78, 5) is 1.70. The zero-order chi connectivity index (χ0) is 13.4. The van der Waals surface area contributed by atoms with Crippen LogP contribution >= 0.6 is 0 Å². The highest BCUT2D eigenvalue weighted by Crippen LogP contribution is 2.25. The number of hydrogen-bond acceptors (Lipinski definition) is 6. The summed E-state index contributed by atoms with van der Waals surface area (Å²) in [6.07, 6.45) is -1.62. The molecule has 0 radical (unpaired) electrons. The molecule has 2 unspecified atom stereocenters. The van der Waals surface area contributed by atoms with Crippen LogP contribution in [0, 0.1) is 19.3 Å². The molecule has 98 valence electrons. The zero-order valence-corrected chi connectivity index (χ0v) is 10.4. The van der Waals surface area contributed by atoms with Gasteiger partial charge < -0.3 is 20.8 Å². The summed E-state index contributed by atoms with van der Waals surface area (Å²) in [5, 5.41) is 34.8. The molecule has 18 heavy (non-hydrogen) atoms. The number of rotatable bonds is 2. The van der Waals surface area contributed by atoms with Gasteiger partial charge in [0.15, 0.2) is 5.82 Å². The van der Waals surface area contributed by atoms with Crippen LogP contribution in [0.15, 0.2) is 0 Å². The quantitative estimate of drug-likeness (QED) is 0.392. The number of amidine groups is 1. The van der Waals surface area contributed by atoms with Crippen molar-refractivity contribution in [3.8, 4) is 0 Å². The lowest BCUT2D eigenvalue weighted by Crippen LogP contribution is -2.28. The third-order valence-electron chi connectivity index (χ3n) is 3.26. The summed E-state index contributed by atoms with van der Waals surface area (Å²) in [6.45, 7) is 4.15. The van der Waals surface area contributed by atoms with Crippen LogP contribution in [0.25, 0.3) is 0 Å². The first-order valence-electron chi connectivity index (χ1n) is 5.71. The number of aliphatic hydroxyl groups is 2. The van der Waals surface area contributed by atoms with Crippen molar-refractivity contribution in [2.24, 2.45) is 5.73 Å². The second-order valence-electron chi connectivity index (χ2n) is 4.56. The average Bonchev–Trinajstić information content (AvgIpc) is 2.62. The van der Waals surface area contributed by atoms with Crippen molar-refractivity contribution in [3.05, 3.63) is 16.8 Å². The molecule has 0 bridgehead atoms. The predicted octanol–water partition coefficient (Wildman–Crippen LogP) is -1.08. The van der Waals surface area contributed by atoms with Gasteiger partial charge >= 0.3 is 0 Å². The van der Waals surface area contributed by atoms with Crippen LogP contribution in [-0.2, 0) is 0 Å². The van der Waals surface area contributed by atoms with Crippen LogP contribution in [0.4, 0.5) is 5.82 Å². The van der Waals surface area contributed by atoms with Crippen molar-refractivity contribution >= 4 is 11.7 Å². The van der Waals surface area contributed by atoms with Gasteiger partial charge in [-0.3, -0.25) is 5.41 Å². The number of nitrogens with one attached hydrogen (secondary N) is 1. The van der Waals surface area contributed by atoms with Gasteiger partial charge in [0.05, 0.1) is 23.5 Å². The summed E-state index contributed by atoms with van der Waals surface area (Å²) in [6, 6.07) is 0. The van der Waals surface area contributed by atoms with Gasteiger partial charge in [-0.25, -0.2) is 0 Å². The van der Waals surface area contributed by atoms with Gasteiger partial charge in [-0.1, -0.05) is 0 Å². The molecule has 7 nitrogen and oxygen atoms in total. The molecule has 1 fully saturated rings. The van der Waals surface area contributed by atoms with Gasteiger partial charge in [-0.2, -0.15) is 5.10 Å². The number of anilines is 1. The third-order valence-corrected chi connectivity index (χ3v) is 3.26. The fourth-order valence-electron chi connectivity index (χ4n) is 2.08. The first kappa shape index (κ1) is 12.7. The molecule has 2 rings (SSSR count). The molecule has 0 amide bonds. The van der Waals surface area contributed by atoms with Crippen molar-refractivity contribution in [3.63, 3.8) is 0 Å². The van der Waals surface area contributed by atoms with Crippen LogP contribution in [0.3, 0.4) is 0 Å². The number of aliphatic hydroxyl groups excluding tert-OH is 2. The molecule has 0 spiro atoms. The third kappa shape index (κ3) is 2.02. The van der Waals surface area contributed by atoms with Gasteiger partial charge in [-0.05, 0) is 19.4 Å². The highest BCUT2D eigenvalue weighted by atomic mass is 16.3. The van der Waals surface area contributed by atoms with E-state index in [1.807, 2.05) is 6.92 Å². The Morgan fingerprint density at radius 3 is 2.33 bits per heavy atom. The van der Waals surface area contributed by atoms with E-state index in [2.05, 4.69) is 10.2 Å². The molecule has 2 heterocycles. The molecule has 1 aliphatic heterocycles. The molecular formula is C11H17N5O2. The molecule has 1 saturated heterocycles. The molecular weight excluding hydrogens is 234 g/mol. The van der Waals surface area contributed by atoms with Gasteiger partial charge in [0.1, 0.15) is 5.84 Å². The number of β-amino-alcohol motifs (C(OH)–C–C–N with tert-alkyl or cyclic N) is 2. The van der Waals surface area contributed by atoms with Gasteiger partial charge in [-0.15, -0.1) is 5.10 Å². The number of nitrogens with two attached hydrogens (primary N) is 1. The summed E-state index contributed by atoms with van der Waals surface area (Å²) < 4.78 is 0. The van der Waals surface area contributed by atoms with E-state index in [1.54, 1.807) is 11.8 Å². The molecule has 0 saturated carbocycles. The maximum absolute atomic E-state index is 9.56. The average molecular weight is 251 g/mol. The minimum absolute atomic E-state index is 0.0867. The first-order valence-corrected chi connectivity index (χ1v) is 5.71. The Hall–Kier alpha value is -1.73. The van der Waals surface area contributed by atoms with Gasteiger partial charge in [0.2, 0.25) is 0 Å². The molecule has 0 aromatic carbocycles. The maximum atomic E-state index is 9.56. The summed E-state index contributed by atoms with van der Waals surface area (Å²) in [5.41, 5.74) is 7.61. The van der Waals surface area contributed by atoms with Crippen LogP contribution < -0.4 is 10.6 Å². The standard InChI is InChI=1S/C11H17N5O2/c1-5-6(2)14-15-11(9(5)10(12)13)16-3-7(17)8(18)4-16/h7-8,17-18H,3-4H2,1-2H3,(H3,12,13). The molecule has 0 aliphatic carbocycles. The molecule has 7 heteroatoms. The van der Waals surface area contributed by atoms with E-state index in [0.717, 1.165) is 5.56 Å². The highest BCUT2D eigenvalue weighted by molar-refractivity contribution is 6.01. The smallest absolute Gasteiger partial charge is 0.162 e. The number of hydrogen-bond donors (Lipinski definition) is 4. The number of aryl methyl sites for hydroxylation is 1. The normalized spacial score (nSPS) is 23.4. The Morgan fingerprint density at radius 2 is 1.83 bits per heavy atom. The van der Waals surface area contributed by atoms with Crippen LogP contribution in [0.2, 0.25) is 0 Å². The minimum atomic E-state index is -0.812. The molecule has 1 aromatic heterocycles. The van der Waals surface area contributed by atoms with Gasteiger partial charge in [0, 0.05) is 13.1 Å². The SMILES string of the molecule is Cc1nnc(N2CC(O)C(O)C2)c(C(=N)N)c1C. The van der Waals surface area contributed by atoms with Crippen molar-refractivity contribution in [1.82, 2.24) is 10.2 Å². The van der Waals surface area contributed by atoms with E-state index in [1.165, 1.54) is 0 Å². The predicted molar refractivity (Wildman–Crippen MR) is 66.7 cm³/mol. The fourth-order valence-corrected chi connectivity index (χ4v) is 2.08. The van der Waals surface area contributed by atoms with Crippen molar-refractivity contribution < 1.29 is 10.2 Å². The fraction of sp³-hybridized carbons (Fsp3) is 0.545. The van der Waals surface area contributed by atoms with E-state index in [-0.39, 0.29) is 18.9 Å². The summed E-state index contributed by atoms with van der Waals surface area (Å²) >= 11 is 0. The van der Waals surface area contributed by atoms with E-state index >= 15 is 0 Å². The lowest BCUT2D eigenvalue weighted by molar-refractivity contribution is 0.0572. The van der Waals surface area contributed by atoms with E-state index in [0.29, 0.717) is 17.1 Å². The molecule has 1 aromatic rings. The largest absolute Gasteiger partial charge is 0.389 e. The van der Waals surface area contributed by atoms with Crippen LogP contribution in [0.1, 0.15) is 16.8 Å². The molecule has 2 atom stereocenters. The van der Waals surface area contributed by atoms with Crippen molar-refractivity contribution in [2.45, 2.75) is 26.1 Å². The van der Waals surface area contributed by atoms with E-state index < -0.39 is 12.2 Å².